The smallest absolute Gasteiger partial charge is 0.408 e. The van der Waals surface area contributed by atoms with E-state index in [1.54, 1.807) is 26.8 Å². The molecule has 1 fully saturated rings. The van der Waals surface area contributed by atoms with Crippen LogP contribution in [0.25, 0.3) is 16.8 Å². The third-order valence-corrected chi connectivity index (χ3v) is 7.17. The van der Waals surface area contributed by atoms with Crippen LogP contribution in [0.15, 0.2) is 47.0 Å². The second-order valence-corrected chi connectivity index (χ2v) is 12.2. The molecule has 1 aliphatic heterocycles. The second-order valence-electron chi connectivity index (χ2n) is 12.2. The molecule has 1 aliphatic rings. The Hall–Kier alpha value is -4.83. The lowest BCUT2D eigenvalue weighted by molar-refractivity contribution is -0.147. The minimum Gasteiger partial charge on any atom is -0.462 e. The van der Waals surface area contributed by atoms with E-state index in [9.17, 15) is 19.6 Å². The first-order valence-corrected chi connectivity index (χ1v) is 15.9. The molecule has 0 aliphatic carbocycles. The molecule has 0 saturated carbocycles. The molecule has 2 aromatic carbocycles. The maximum Gasteiger partial charge on any atom is 0.408 e. The van der Waals surface area contributed by atoms with Crippen molar-refractivity contribution in [3.8, 4) is 6.07 Å². The monoisotopic (exact) mass is 649 g/mol. The Labute approximate surface area is 276 Å². The van der Waals surface area contributed by atoms with Crippen molar-refractivity contribution in [3.63, 3.8) is 0 Å². The Morgan fingerprint density at radius 3 is 2.47 bits per heavy atom. The number of nitrogens with one attached hydrogen (secondary N) is 2. The molecule has 0 radical (unpaired) electrons. The first-order valence-electron chi connectivity index (χ1n) is 15.9. The van der Waals surface area contributed by atoms with Crippen LogP contribution in [0.5, 0.6) is 0 Å². The molecule has 0 spiro atoms. The third kappa shape index (κ3) is 13.2. The van der Waals surface area contributed by atoms with Crippen molar-refractivity contribution in [2.75, 3.05) is 50.9 Å². The number of esters is 1. The largest absolute Gasteiger partial charge is 0.462 e. The number of aliphatic imine (C=N–C) groups is 1. The minimum absolute atomic E-state index is 0.0217. The molecule has 6 N–H and O–H groups in total. The van der Waals surface area contributed by atoms with Gasteiger partial charge in [-0.2, -0.15) is 5.26 Å². The number of nitrogens with two attached hydrogens (primary N) is 2. The van der Waals surface area contributed by atoms with Crippen LogP contribution in [0.2, 0.25) is 0 Å². The number of carbonyl (C=O) groups is 3. The van der Waals surface area contributed by atoms with Crippen molar-refractivity contribution in [1.29, 1.82) is 5.26 Å². The first kappa shape index (κ1) is 36.6. The number of rotatable bonds is 15. The number of ether oxygens (including phenoxy) is 3. The molecule has 47 heavy (non-hydrogen) atoms. The van der Waals surface area contributed by atoms with Gasteiger partial charge in [0.25, 0.3) is 5.91 Å². The van der Waals surface area contributed by atoms with Crippen molar-refractivity contribution < 1.29 is 28.6 Å². The summed E-state index contributed by atoms with van der Waals surface area (Å²) in [5, 5.41) is 16.9. The summed E-state index contributed by atoms with van der Waals surface area (Å²) in [6.45, 7) is 7.84. The van der Waals surface area contributed by atoms with Gasteiger partial charge in [0.1, 0.15) is 29.9 Å². The fraction of sp³-hybridized carbons (Fsp3) is 0.500. The summed E-state index contributed by atoms with van der Waals surface area (Å²) in [6.07, 6.45) is 5.17. The summed E-state index contributed by atoms with van der Waals surface area (Å²) in [6, 6.07) is 13.2. The Kier molecular flexibility index (Phi) is 14.3. The highest BCUT2D eigenvalue weighted by atomic mass is 16.6. The lowest BCUT2D eigenvalue weighted by Crippen LogP contribution is -2.44. The maximum atomic E-state index is 12.6. The van der Waals surface area contributed by atoms with Crippen LogP contribution in [-0.2, 0) is 23.8 Å². The van der Waals surface area contributed by atoms with Gasteiger partial charge in [-0.3, -0.25) is 9.79 Å². The van der Waals surface area contributed by atoms with Crippen LogP contribution in [0.3, 0.4) is 0 Å². The van der Waals surface area contributed by atoms with Gasteiger partial charge in [-0.15, -0.1) is 0 Å². The van der Waals surface area contributed by atoms with E-state index in [0.29, 0.717) is 6.42 Å². The van der Waals surface area contributed by atoms with Gasteiger partial charge in [0.15, 0.2) is 5.96 Å². The van der Waals surface area contributed by atoms with Crippen LogP contribution < -0.4 is 27.0 Å². The summed E-state index contributed by atoms with van der Waals surface area (Å²) >= 11 is 0. The van der Waals surface area contributed by atoms with E-state index in [4.69, 9.17) is 25.7 Å². The predicted molar refractivity (Wildman–Crippen MR) is 181 cm³/mol. The molecule has 13 heteroatoms. The van der Waals surface area contributed by atoms with E-state index >= 15 is 0 Å². The molecular formula is C34H47N7O6. The van der Waals surface area contributed by atoms with Crippen LogP contribution in [0.1, 0.15) is 58.4 Å². The highest BCUT2D eigenvalue weighted by Gasteiger charge is 2.25. The fourth-order valence-electron chi connectivity index (χ4n) is 4.94. The number of nitriles is 1. The van der Waals surface area contributed by atoms with Crippen LogP contribution in [-0.4, -0.2) is 81.6 Å². The summed E-state index contributed by atoms with van der Waals surface area (Å²) in [4.78, 5) is 43.8. The molecule has 1 atom stereocenters. The van der Waals surface area contributed by atoms with Crippen LogP contribution >= 0.6 is 0 Å². The Bertz CT molecular complexity index is 1470. The number of nitrogens with zero attached hydrogens (tertiary/aromatic N) is 3. The molecule has 2 aromatic rings. The molecule has 1 heterocycles. The number of carbonyl (C=O) groups excluding carboxylic acids is 3. The number of hydrogen-bond donors (Lipinski definition) is 4. The zero-order valence-electron chi connectivity index (χ0n) is 27.5. The van der Waals surface area contributed by atoms with Gasteiger partial charge in [0.05, 0.1) is 13.2 Å². The van der Waals surface area contributed by atoms with Gasteiger partial charge in [0, 0.05) is 31.9 Å². The number of alkyl carbamates (subject to hydrolysis) is 1. The number of benzene rings is 2. The topological polar surface area (TPSA) is 194 Å². The zero-order chi connectivity index (χ0) is 34.2. The van der Waals surface area contributed by atoms with Gasteiger partial charge in [-0.1, -0.05) is 18.2 Å². The second kappa shape index (κ2) is 18.3. The van der Waals surface area contributed by atoms with E-state index in [-0.39, 0.29) is 50.9 Å². The lowest BCUT2D eigenvalue weighted by Gasteiger charge is -2.29. The number of piperidine rings is 1. The molecule has 2 amide bonds. The lowest BCUT2D eigenvalue weighted by atomic mass is 10.0. The Morgan fingerprint density at radius 1 is 1.04 bits per heavy atom. The van der Waals surface area contributed by atoms with Gasteiger partial charge in [-0.25, -0.2) is 9.59 Å². The molecule has 3 rings (SSSR count). The summed E-state index contributed by atoms with van der Waals surface area (Å²) in [5.41, 5.74) is 11.9. The molecule has 13 nitrogen and oxygen atoms in total. The standard InChI is InChI=1S/C34H47N7O6/c1-34(2,3)47-33(44)40-29(8-7-13-39-32(36)37)31(43)46-19-18-45-17-14-38-30(42)27(23-35)21-24-9-10-26-22-28(12-11-25(26)20-24)41-15-5-4-6-16-41/h9-12,20-22,29H,4-8,13-19H2,1-3H3,(H,38,42)(H,40,44)(H4,36,37,39)/b27-21+/t29-/m0/s1. The van der Waals surface area contributed by atoms with Crippen LogP contribution in [0.4, 0.5) is 10.5 Å². The SMILES string of the molecule is CC(C)(C)OC(=O)N[C@@H](CCCN=C(N)N)C(=O)OCCOCCNC(=O)/C(C#N)=C/c1ccc2cc(N3CCCCC3)ccc2c1. The Morgan fingerprint density at radius 2 is 1.77 bits per heavy atom. The van der Waals surface area contributed by atoms with Crippen molar-refractivity contribution in [1.82, 2.24) is 10.6 Å². The quantitative estimate of drug-likeness (QED) is 0.0555. The van der Waals surface area contributed by atoms with E-state index in [1.807, 2.05) is 24.3 Å². The van der Waals surface area contributed by atoms with Crippen molar-refractivity contribution >= 4 is 46.5 Å². The average molecular weight is 650 g/mol. The van der Waals surface area contributed by atoms with E-state index in [1.165, 1.54) is 24.9 Å². The molecular weight excluding hydrogens is 602 g/mol. The number of amides is 2. The average Bonchev–Trinajstić information content (AvgIpc) is 3.03. The van der Waals surface area contributed by atoms with Gasteiger partial charge in [-0.05, 0) is 93.5 Å². The summed E-state index contributed by atoms with van der Waals surface area (Å²) in [7, 11) is 0. The van der Waals surface area contributed by atoms with Gasteiger partial charge >= 0.3 is 12.1 Å². The normalized spacial score (nSPS) is 14.1. The summed E-state index contributed by atoms with van der Waals surface area (Å²) < 4.78 is 16.0. The van der Waals surface area contributed by atoms with Crippen LogP contribution in [0, 0.1) is 11.3 Å². The van der Waals surface area contributed by atoms with Crippen molar-refractivity contribution in [2.24, 2.45) is 16.5 Å². The number of anilines is 1. The van der Waals surface area contributed by atoms with Crippen molar-refractivity contribution in [2.45, 2.75) is 64.5 Å². The number of guanidine groups is 1. The minimum atomic E-state index is -0.964. The Balaban J connectivity index is 1.42. The van der Waals surface area contributed by atoms with E-state index in [2.05, 4.69) is 38.7 Å². The molecule has 254 valence electrons. The number of fused-ring (bicyclic) bond motifs is 1. The summed E-state index contributed by atoms with van der Waals surface area (Å²) in [5.74, 6) is -1.24. The van der Waals surface area contributed by atoms with E-state index in [0.717, 1.165) is 29.4 Å². The number of hydrogen-bond acceptors (Lipinski definition) is 9. The highest BCUT2D eigenvalue weighted by molar-refractivity contribution is 6.02. The van der Waals surface area contributed by atoms with E-state index < -0.39 is 29.6 Å². The van der Waals surface area contributed by atoms with Crippen molar-refractivity contribution in [3.05, 3.63) is 47.5 Å². The van der Waals surface area contributed by atoms with Gasteiger partial charge in [0.2, 0.25) is 0 Å². The maximum absolute atomic E-state index is 12.6. The fourth-order valence-corrected chi connectivity index (χ4v) is 4.94. The van der Waals surface area contributed by atoms with Gasteiger partial charge < -0.3 is 41.2 Å². The molecule has 1 saturated heterocycles. The predicted octanol–water partition coefficient (Wildman–Crippen LogP) is 3.36. The first-order chi connectivity index (χ1) is 22.4. The molecule has 0 aromatic heterocycles. The highest BCUT2D eigenvalue weighted by Crippen LogP contribution is 2.26. The molecule has 0 unspecified atom stereocenters. The molecule has 0 bridgehead atoms. The zero-order valence-corrected chi connectivity index (χ0v) is 27.5. The third-order valence-electron chi connectivity index (χ3n) is 7.17.